The molecule has 0 aliphatic carbocycles. The monoisotopic (exact) mass is 222 g/mol. The molecule has 1 rings (SSSR count). The summed E-state index contributed by atoms with van der Waals surface area (Å²) in [5.41, 5.74) is 1.91. The zero-order valence-electron chi connectivity index (χ0n) is 9.90. The molecule has 16 heavy (non-hydrogen) atoms. The van der Waals surface area contributed by atoms with E-state index in [0.717, 1.165) is 11.1 Å². The quantitative estimate of drug-likeness (QED) is 0.823. The van der Waals surface area contributed by atoms with Crippen molar-refractivity contribution in [2.45, 2.75) is 33.1 Å². The van der Waals surface area contributed by atoms with Crippen LogP contribution in [0.5, 0.6) is 5.75 Å². The van der Waals surface area contributed by atoms with E-state index in [-0.39, 0.29) is 5.75 Å². The summed E-state index contributed by atoms with van der Waals surface area (Å²) in [6.07, 6.45) is 0.448. The van der Waals surface area contributed by atoms with Crippen LogP contribution in [0.15, 0.2) is 18.2 Å². The number of aliphatic carboxylic acids is 1. The van der Waals surface area contributed by atoms with E-state index in [0.29, 0.717) is 12.3 Å². The fraction of sp³-hybridized carbons (Fsp3) is 0.462. The van der Waals surface area contributed by atoms with E-state index in [9.17, 15) is 9.90 Å². The van der Waals surface area contributed by atoms with Crippen LogP contribution in [0, 0.1) is 5.92 Å². The molecule has 1 aromatic carbocycles. The highest BCUT2D eigenvalue weighted by molar-refractivity contribution is 5.69. The molecular weight excluding hydrogens is 204 g/mol. The van der Waals surface area contributed by atoms with Crippen LogP contribution in [0.3, 0.4) is 0 Å². The minimum Gasteiger partial charge on any atom is -0.508 e. The highest BCUT2D eigenvalue weighted by atomic mass is 16.4. The molecular formula is C13H18O3. The smallest absolute Gasteiger partial charge is 0.306 e. The molecule has 0 amide bonds. The van der Waals surface area contributed by atoms with Crippen LogP contribution in [0.4, 0.5) is 0 Å². The molecule has 0 saturated heterocycles. The molecule has 1 aromatic rings. The van der Waals surface area contributed by atoms with Crippen molar-refractivity contribution in [2.24, 2.45) is 5.92 Å². The van der Waals surface area contributed by atoms with Crippen LogP contribution in [-0.2, 0) is 11.2 Å². The first kappa shape index (κ1) is 12.6. The summed E-state index contributed by atoms with van der Waals surface area (Å²) in [4.78, 5) is 10.7. The molecule has 0 aliphatic heterocycles. The Hall–Kier alpha value is -1.51. The van der Waals surface area contributed by atoms with Crippen LogP contribution in [0.1, 0.15) is 37.8 Å². The average molecular weight is 222 g/mol. The van der Waals surface area contributed by atoms with E-state index in [1.165, 1.54) is 0 Å². The topological polar surface area (TPSA) is 57.5 Å². The average Bonchev–Trinajstić information content (AvgIpc) is 2.16. The van der Waals surface area contributed by atoms with Gasteiger partial charge in [-0.25, -0.2) is 0 Å². The van der Waals surface area contributed by atoms with Crippen LogP contribution in [0.25, 0.3) is 0 Å². The number of carboxylic acids is 1. The van der Waals surface area contributed by atoms with Gasteiger partial charge in [0.05, 0.1) is 5.92 Å². The highest BCUT2D eigenvalue weighted by Crippen LogP contribution is 2.23. The molecule has 88 valence electrons. The second-order valence-corrected chi connectivity index (χ2v) is 4.53. The lowest BCUT2D eigenvalue weighted by Crippen LogP contribution is -2.12. The number of phenols is 1. The van der Waals surface area contributed by atoms with Gasteiger partial charge in [-0.05, 0) is 35.6 Å². The lowest BCUT2D eigenvalue weighted by molar-refractivity contribution is -0.141. The minimum atomic E-state index is -0.811. The SMILES string of the molecule is CC(Cc1cc(O)cc(C(C)C)c1)C(=O)O. The fourth-order valence-corrected chi connectivity index (χ4v) is 1.59. The summed E-state index contributed by atoms with van der Waals surface area (Å²) >= 11 is 0. The Bertz CT molecular complexity index is 383. The third kappa shape index (κ3) is 3.26. The Morgan fingerprint density at radius 2 is 1.88 bits per heavy atom. The number of benzene rings is 1. The maximum atomic E-state index is 10.7. The van der Waals surface area contributed by atoms with Crippen molar-refractivity contribution in [1.82, 2.24) is 0 Å². The second-order valence-electron chi connectivity index (χ2n) is 4.53. The Morgan fingerprint density at radius 3 is 2.38 bits per heavy atom. The molecule has 0 aromatic heterocycles. The van der Waals surface area contributed by atoms with E-state index in [1.54, 1.807) is 19.1 Å². The van der Waals surface area contributed by atoms with Crippen molar-refractivity contribution < 1.29 is 15.0 Å². The van der Waals surface area contributed by atoms with Crippen molar-refractivity contribution in [3.8, 4) is 5.75 Å². The molecule has 3 heteroatoms. The predicted molar refractivity (Wildman–Crippen MR) is 62.7 cm³/mol. The Morgan fingerprint density at radius 1 is 1.25 bits per heavy atom. The standard InChI is InChI=1S/C13H18O3/c1-8(2)11-5-10(6-12(14)7-11)4-9(3)13(15)16/h5-9,14H,4H2,1-3H3,(H,15,16). The first-order chi connectivity index (χ1) is 7.40. The van der Waals surface area contributed by atoms with Crippen molar-refractivity contribution in [3.63, 3.8) is 0 Å². The normalized spacial score (nSPS) is 12.8. The summed E-state index contributed by atoms with van der Waals surface area (Å²) in [5.74, 6) is -0.707. The third-order valence-electron chi connectivity index (χ3n) is 2.63. The second kappa shape index (κ2) is 5.01. The molecule has 1 atom stereocenters. The van der Waals surface area contributed by atoms with Gasteiger partial charge in [0.15, 0.2) is 0 Å². The Balaban J connectivity index is 2.92. The molecule has 0 radical (unpaired) electrons. The number of aromatic hydroxyl groups is 1. The van der Waals surface area contributed by atoms with Crippen LogP contribution in [0.2, 0.25) is 0 Å². The summed E-state index contributed by atoms with van der Waals surface area (Å²) in [6.45, 7) is 5.75. The summed E-state index contributed by atoms with van der Waals surface area (Å²) < 4.78 is 0. The van der Waals surface area contributed by atoms with Gasteiger partial charge in [-0.15, -0.1) is 0 Å². The number of hydrogen-bond donors (Lipinski definition) is 2. The molecule has 1 unspecified atom stereocenters. The maximum absolute atomic E-state index is 10.7. The predicted octanol–water partition coefficient (Wildman–Crippen LogP) is 2.78. The first-order valence-corrected chi connectivity index (χ1v) is 5.45. The van der Waals surface area contributed by atoms with Gasteiger partial charge in [0.25, 0.3) is 0 Å². The largest absolute Gasteiger partial charge is 0.508 e. The van der Waals surface area contributed by atoms with Gasteiger partial charge in [-0.1, -0.05) is 26.8 Å². The molecule has 0 aliphatic rings. The lowest BCUT2D eigenvalue weighted by Gasteiger charge is -2.11. The summed E-state index contributed by atoms with van der Waals surface area (Å²) in [7, 11) is 0. The Kier molecular flexibility index (Phi) is 3.93. The Labute approximate surface area is 95.7 Å². The lowest BCUT2D eigenvalue weighted by atomic mass is 9.95. The van der Waals surface area contributed by atoms with Crippen molar-refractivity contribution in [2.75, 3.05) is 0 Å². The molecule has 0 saturated carbocycles. The van der Waals surface area contributed by atoms with E-state index in [1.807, 2.05) is 19.9 Å². The number of hydrogen-bond acceptors (Lipinski definition) is 2. The summed E-state index contributed by atoms with van der Waals surface area (Å²) in [6, 6.07) is 5.31. The van der Waals surface area contributed by atoms with Gasteiger partial charge < -0.3 is 10.2 Å². The molecule has 0 bridgehead atoms. The van der Waals surface area contributed by atoms with E-state index in [4.69, 9.17) is 5.11 Å². The maximum Gasteiger partial charge on any atom is 0.306 e. The van der Waals surface area contributed by atoms with E-state index in [2.05, 4.69) is 0 Å². The molecule has 3 nitrogen and oxygen atoms in total. The third-order valence-corrected chi connectivity index (χ3v) is 2.63. The van der Waals surface area contributed by atoms with Crippen LogP contribution >= 0.6 is 0 Å². The number of carbonyl (C=O) groups is 1. The van der Waals surface area contributed by atoms with Crippen molar-refractivity contribution in [3.05, 3.63) is 29.3 Å². The number of rotatable bonds is 4. The van der Waals surface area contributed by atoms with Gasteiger partial charge in [0.1, 0.15) is 5.75 Å². The molecule has 2 N–H and O–H groups in total. The molecule has 0 heterocycles. The van der Waals surface area contributed by atoms with Crippen LogP contribution in [-0.4, -0.2) is 16.2 Å². The molecule has 0 fully saturated rings. The summed E-state index contributed by atoms with van der Waals surface area (Å²) in [5, 5.41) is 18.4. The van der Waals surface area contributed by atoms with E-state index < -0.39 is 11.9 Å². The highest BCUT2D eigenvalue weighted by Gasteiger charge is 2.13. The van der Waals surface area contributed by atoms with Gasteiger partial charge in [0, 0.05) is 0 Å². The number of carboxylic acid groups (broad SMARTS) is 1. The van der Waals surface area contributed by atoms with Crippen molar-refractivity contribution >= 4 is 5.97 Å². The zero-order valence-corrected chi connectivity index (χ0v) is 9.90. The molecule has 0 spiro atoms. The van der Waals surface area contributed by atoms with Gasteiger partial charge in [-0.3, -0.25) is 4.79 Å². The zero-order chi connectivity index (χ0) is 12.3. The van der Waals surface area contributed by atoms with Gasteiger partial charge in [0.2, 0.25) is 0 Å². The first-order valence-electron chi connectivity index (χ1n) is 5.45. The minimum absolute atomic E-state index is 0.207. The van der Waals surface area contributed by atoms with E-state index >= 15 is 0 Å². The van der Waals surface area contributed by atoms with Gasteiger partial charge in [-0.2, -0.15) is 0 Å². The van der Waals surface area contributed by atoms with Crippen LogP contribution < -0.4 is 0 Å². The van der Waals surface area contributed by atoms with Gasteiger partial charge >= 0.3 is 5.97 Å². The number of phenolic OH excluding ortho intramolecular Hbond substituents is 1. The fourth-order valence-electron chi connectivity index (χ4n) is 1.59. The van der Waals surface area contributed by atoms with Crippen molar-refractivity contribution in [1.29, 1.82) is 0 Å².